The third kappa shape index (κ3) is 7.51. The fourth-order valence-electron chi connectivity index (χ4n) is 5.83. The van der Waals surface area contributed by atoms with Gasteiger partial charge >= 0.3 is 0 Å². The highest BCUT2D eigenvalue weighted by Gasteiger charge is 2.36. The number of benzene rings is 1. The van der Waals surface area contributed by atoms with Gasteiger partial charge in [-0.25, -0.2) is 15.0 Å². The molecular weight excluding hydrogens is 514 g/mol. The molecule has 2 aromatic heterocycles. The molecule has 6 aliphatic rings. The van der Waals surface area contributed by atoms with E-state index >= 15 is 0 Å². The standard InChI is InChI=1S/C28H36N11.C2H6/c29-36-35-25-16-26-5-6-30-8-9-37-10-12-38(13-11-37)19-21-2-1-3-24(14-21)34-27-15-22(4-7-31-27)23-17-32-28(33-18-23)39(26)20-25;1-2/h1-4,7,14-15,17-18,25-26,29-30H,5-6,8-13,16,19-20H2,(H,31,34);1-2H3/q+1;. The molecule has 2 saturated heterocycles. The SMILES string of the molecule is CC.N=[N+]=NC1CC2CCNCCN3CCN(CC3)Cc3cccc(c3)Nc3cc(ccn3)-c3cnc(nc3)N2C1. The molecule has 0 radical (unpaired) electrons. The van der Waals surface area contributed by atoms with Crippen molar-refractivity contribution < 1.29 is 0 Å². The minimum Gasteiger partial charge on any atom is -0.340 e. The Kier molecular flexibility index (Phi) is 9.98. The first-order valence-corrected chi connectivity index (χ1v) is 14.9. The third-order valence-electron chi connectivity index (χ3n) is 7.93. The molecule has 2 unspecified atom stereocenters. The van der Waals surface area contributed by atoms with Crippen molar-refractivity contribution in [3.8, 4) is 11.1 Å². The summed E-state index contributed by atoms with van der Waals surface area (Å²) in [7, 11) is 0. The van der Waals surface area contributed by atoms with Crippen molar-refractivity contribution in [2.24, 2.45) is 5.11 Å². The number of hydrogen-bond donors (Lipinski definition) is 3. The second kappa shape index (κ2) is 14.2. The lowest BCUT2D eigenvalue weighted by molar-refractivity contribution is 0.128. The first-order chi connectivity index (χ1) is 20.2. The van der Waals surface area contributed by atoms with Crippen LogP contribution in [0.1, 0.15) is 32.3 Å². The second-order valence-electron chi connectivity index (χ2n) is 10.6. The van der Waals surface area contributed by atoms with E-state index in [1.165, 1.54) is 5.56 Å². The molecule has 9 rings (SSSR count). The zero-order valence-electron chi connectivity index (χ0n) is 24.2. The number of nitrogens with zero attached hydrogens (tertiary/aromatic N) is 8. The summed E-state index contributed by atoms with van der Waals surface area (Å²) in [6.07, 6.45) is 7.41. The zero-order chi connectivity index (χ0) is 28.4. The van der Waals surface area contributed by atoms with E-state index in [9.17, 15) is 0 Å². The lowest BCUT2D eigenvalue weighted by Crippen LogP contribution is -2.47. The quantitative estimate of drug-likeness (QED) is 0.305. The number of aromatic nitrogens is 3. The van der Waals surface area contributed by atoms with Gasteiger partial charge in [0, 0.05) is 81.7 Å². The second-order valence-corrected chi connectivity index (χ2v) is 10.6. The predicted molar refractivity (Wildman–Crippen MR) is 162 cm³/mol. The molecule has 3 N–H and O–H groups in total. The molecule has 2 atom stereocenters. The van der Waals surface area contributed by atoms with Crippen LogP contribution < -0.4 is 20.4 Å². The van der Waals surface area contributed by atoms with E-state index in [0.29, 0.717) is 12.5 Å². The lowest BCUT2D eigenvalue weighted by Gasteiger charge is -2.34. The van der Waals surface area contributed by atoms with E-state index < -0.39 is 0 Å². The summed E-state index contributed by atoms with van der Waals surface area (Å²) >= 11 is 0. The minimum absolute atomic E-state index is 0.00188. The van der Waals surface area contributed by atoms with Gasteiger partial charge in [-0.3, -0.25) is 9.80 Å². The Hall–Kier alpha value is -3.76. The summed E-state index contributed by atoms with van der Waals surface area (Å²) in [5.74, 6) is 1.49. The fourth-order valence-corrected chi connectivity index (χ4v) is 5.83. The van der Waals surface area contributed by atoms with E-state index in [-0.39, 0.29) is 12.1 Å². The molecule has 1 aromatic carbocycles. The monoisotopic (exact) mass is 556 g/mol. The maximum atomic E-state index is 7.20. The lowest BCUT2D eigenvalue weighted by atomic mass is 10.1. The summed E-state index contributed by atoms with van der Waals surface area (Å²) < 4.78 is 0. The van der Waals surface area contributed by atoms with E-state index in [0.717, 1.165) is 87.8 Å². The van der Waals surface area contributed by atoms with Gasteiger partial charge in [0.25, 0.3) is 0 Å². The van der Waals surface area contributed by atoms with Gasteiger partial charge in [0.05, 0.1) is 6.54 Å². The van der Waals surface area contributed by atoms with Crippen LogP contribution in [-0.2, 0) is 6.54 Å². The van der Waals surface area contributed by atoms with Crippen LogP contribution in [0.25, 0.3) is 11.1 Å². The number of piperazine rings is 1. The molecule has 8 bridgehead atoms. The van der Waals surface area contributed by atoms with Gasteiger partial charge < -0.3 is 15.5 Å². The van der Waals surface area contributed by atoms with Crippen LogP contribution >= 0.6 is 0 Å². The topological polar surface area (TPSA) is 123 Å². The van der Waals surface area contributed by atoms with Crippen LogP contribution in [0.2, 0.25) is 0 Å². The maximum Gasteiger partial charge on any atom is 0.225 e. The van der Waals surface area contributed by atoms with Crippen molar-refractivity contribution in [1.29, 1.82) is 5.53 Å². The molecule has 0 amide bonds. The van der Waals surface area contributed by atoms with Gasteiger partial charge in [-0.05, 0) is 54.8 Å². The van der Waals surface area contributed by atoms with E-state index in [1.807, 2.05) is 44.6 Å². The molecule has 0 spiro atoms. The average molecular weight is 557 g/mol. The first-order valence-electron chi connectivity index (χ1n) is 14.9. The molecule has 6 aliphatic heterocycles. The molecule has 41 heavy (non-hydrogen) atoms. The highest BCUT2D eigenvalue weighted by molar-refractivity contribution is 5.68. The summed E-state index contributed by atoms with van der Waals surface area (Å²) in [5.41, 5.74) is 11.5. The van der Waals surface area contributed by atoms with Crippen molar-refractivity contribution in [3.05, 3.63) is 60.6 Å². The van der Waals surface area contributed by atoms with Crippen LogP contribution in [0.3, 0.4) is 0 Å². The van der Waals surface area contributed by atoms with Crippen molar-refractivity contribution in [3.63, 3.8) is 0 Å². The Balaban J connectivity index is 0.00000165. The highest BCUT2D eigenvalue weighted by Crippen LogP contribution is 2.28. The van der Waals surface area contributed by atoms with E-state index in [4.69, 9.17) is 15.5 Å². The van der Waals surface area contributed by atoms with Crippen LogP contribution in [0, 0.1) is 5.53 Å². The average Bonchev–Trinajstić information content (AvgIpc) is 3.41. The fraction of sp³-hybridized carbons (Fsp3) is 0.500. The molecule has 0 saturated carbocycles. The molecular formula is C30H42N11+. The summed E-state index contributed by atoms with van der Waals surface area (Å²) in [4.78, 5) is 24.7. The van der Waals surface area contributed by atoms with Gasteiger partial charge in [0.1, 0.15) is 16.5 Å². The smallest absolute Gasteiger partial charge is 0.225 e. The van der Waals surface area contributed by atoms with E-state index in [1.54, 1.807) is 0 Å². The maximum absolute atomic E-state index is 7.20. The molecule has 2 fully saturated rings. The summed E-state index contributed by atoms with van der Waals surface area (Å²) in [5, 5.41) is 11.2. The Morgan fingerprint density at radius 2 is 1.73 bits per heavy atom. The number of nitrogens with one attached hydrogen (secondary N) is 3. The molecule has 216 valence electrons. The summed E-state index contributed by atoms with van der Waals surface area (Å²) in [6, 6.07) is 12.9. The molecule has 0 aliphatic carbocycles. The van der Waals surface area contributed by atoms with Crippen LogP contribution in [-0.4, -0.2) is 89.2 Å². The number of anilines is 3. The minimum atomic E-state index is -0.00188. The third-order valence-corrected chi connectivity index (χ3v) is 7.93. The zero-order valence-corrected chi connectivity index (χ0v) is 24.2. The predicted octanol–water partition coefficient (Wildman–Crippen LogP) is 3.92. The van der Waals surface area contributed by atoms with Gasteiger partial charge in [-0.2, -0.15) is 0 Å². The molecule has 8 heterocycles. The summed E-state index contributed by atoms with van der Waals surface area (Å²) in [6.45, 7) is 13.0. The van der Waals surface area contributed by atoms with Gasteiger partial charge in [0.15, 0.2) is 6.04 Å². The van der Waals surface area contributed by atoms with E-state index in [2.05, 4.69) is 64.6 Å². The number of hydrogen-bond acceptors (Lipinski definition) is 10. The highest BCUT2D eigenvalue weighted by atomic mass is 15.3. The van der Waals surface area contributed by atoms with Gasteiger partial charge in [-0.1, -0.05) is 26.0 Å². The Morgan fingerprint density at radius 1 is 0.927 bits per heavy atom. The van der Waals surface area contributed by atoms with Gasteiger partial charge in [-0.15, -0.1) is 0 Å². The Bertz CT molecular complexity index is 1300. The molecule has 11 heteroatoms. The normalized spacial score (nSPS) is 24.3. The first kappa shape index (κ1) is 28.8. The van der Waals surface area contributed by atoms with Crippen LogP contribution in [0.15, 0.2) is 60.1 Å². The van der Waals surface area contributed by atoms with Crippen LogP contribution in [0.4, 0.5) is 17.5 Å². The van der Waals surface area contributed by atoms with Crippen molar-refractivity contribution in [2.75, 3.05) is 62.6 Å². The molecule has 11 nitrogen and oxygen atoms in total. The van der Waals surface area contributed by atoms with Crippen molar-refractivity contribution >= 4 is 17.5 Å². The molecule has 3 aromatic rings. The van der Waals surface area contributed by atoms with Gasteiger partial charge in [0.2, 0.25) is 10.9 Å². The number of rotatable bonds is 1. The largest absolute Gasteiger partial charge is 0.340 e. The Morgan fingerprint density at radius 3 is 2.54 bits per heavy atom. The van der Waals surface area contributed by atoms with Crippen molar-refractivity contribution in [1.82, 2.24) is 35.0 Å². The number of pyridine rings is 1. The Labute approximate surface area is 242 Å². The van der Waals surface area contributed by atoms with Crippen molar-refractivity contribution in [2.45, 2.75) is 45.3 Å². The van der Waals surface area contributed by atoms with Crippen LogP contribution in [0.5, 0.6) is 0 Å².